The third-order valence-electron chi connectivity index (χ3n) is 2.63. The molecule has 0 aromatic heterocycles. The highest BCUT2D eigenvalue weighted by Gasteiger charge is 2.35. The minimum atomic E-state index is -1.22. The largest absolute Gasteiger partial charge is 0.461 e. The normalized spacial score (nSPS) is 27.2. The van der Waals surface area contributed by atoms with Crippen molar-refractivity contribution in [3.8, 4) is 0 Å². The second-order valence-electron chi connectivity index (χ2n) is 4.13. The van der Waals surface area contributed by atoms with Gasteiger partial charge in [0.05, 0.1) is 13.2 Å². The molecule has 2 N–H and O–H groups in total. The zero-order chi connectivity index (χ0) is 14.4. The van der Waals surface area contributed by atoms with Crippen LogP contribution in [0, 0.1) is 0 Å². The topological polar surface area (TPSA) is 102 Å². The Morgan fingerprint density at radius 2 is 2.11 bits per heavy atom. The van der Waals surface area contributed by atoms with Gasteiger partial charge in [-0.15, -0.1) is 0 Å². The van der Waals surface area contributed by atoms with Crippen LogP contribution < -0.4 is 0 Å². The van der Waals surface area contributed by atoms with Gasteiger partial charge in [-0.1, -0.05) is 6.08 Å². The van der Waals surface area contributed by atoms with Crippen molar-refractivity contribution >= 4 is 11.9 Å². The van der Waals surface area contributed by atoms with Crippen LogP contribution in [-0.2, 0) is 23.8 Å². The first-order valence-corrected chi connectivity index (χ1v) is 5.85. The Balaban J connectivity index is 2.86. The maximum Gasteiger partial charge on any atom is 0.303 e. The molecule has 0 unspecified atom stereocenters. The van der Waals surface area contributed by atoms with Gasteiger partial charge in [-0.05, 0) is 0 Å². The molecular weight excluding hydrogens is 256 g/mol. The molecule has 1 heterocycles. The highest BCUT2D eigenvalue weighted by molar-refractivity contribution is 5.67. The van der Waals surface area contributed by atoms with Crippen LogP contribution in [0.1, 0.15) is 13.8 Å². The van der Waals surface area contributed by atoms with Crippen LogP contribution in [0.3, 0.4) is 0 Å². The first-order chi connectivity index (χ1) is 8.95. The van der Waals surface area contributed by atoms with Crippen LogP contribution in [0.25, 0.3) is 0 Å². The fourth-order valence-electron chi connectivity index (χ4n) is 1.72. The fourth-order valence-corrected chi connectivity index (χ4v) is 1.72. The zero-order valence-electron chi connectivity index (χ0n) is 10.9. The molecule has 19 heavy (non-hydrogen) atoms. The average molecular weight is 274 g/mol. The molecule has 0 radical (unpaired) electrons. The number of carbonyl (C=O) groups is 2. The lowest BCUT2D eigenvalue weighted by Crippen LogP contribution is -2.43. The van der Waals surface area contributed by atoms with Crippen molar-refractivity contribution in [2.75, 3.05) is 19.8 Å². The first kappa shape index (κ1) is 15.6. The van der Waals surface area contributed by atoms with E-state index in [9.17, 15) is 14.7 Å². The summed E-state index contributed by atoms with van der Waals surface area (Å²) in [6.45, 7) is 2.06. The van der Waals surface area contributed by atoms with E-state index in [2.05, 4.69) is 0 Å². The Hall–Kier alpha value is -1.44. The summed E-state index contributed by atoms with van der Waals surface area (Å²) in [7, 11) is 0. The summed E-state index contributed by atoms with van der Waals surface area (Å²) in [5.74, 6) is -1.07. The summed E-state index contributed by atoms with van der Waals surface area (Å²) < 4.78 is 15.1. The second kappa shape index (κ2) is 7.22. The first-order valence-electron chi connectivity index (χ1n) is 5.85. The quantitative estimate of drug-likeness (QED) is 0.509. The summed E-state index contributed by atoms with van der Waals surface area (Å²) in [4.78, 5) is 21.9. The smallest absolute Gasteiger partial charge is 0.303 e. The van der Waals surface area contributed by atoms with E-state index in [1.54, 1.807) is 6.08 Å². The van der Waals surface area contributed by atoms with Crippen molar-refractivity contribution in [1.29, 1.82) is 0 Å². The average Bonchev–Trinajstić information content (AvgIpc) is 2.47. The number of carbonyl (C=O) groups excluding carboxylic acids is 2. The molecule has 0 aromatic carbocycles. The monoisotopic (exact) mass is 274 g/mol. The number of ether oxygens (including phenoxy) is 3. The molecule has 1 aliphatic rings. The summed E-state index contributed by atoms with van der Waals surface area (Å²) in [6.07, 6.45) is -1.53. The molecule has 0 spiro atoms. The lowest BCUT2D eigenvalue weighted by Gasteiger charge is -2.27. The molecule has 0 bridgehead atoms. The van der Waals surface area contributed by atoms with E-state index in [1.165, 1.54) is 13.8 Å². The van der Waals surface area contributed by atoms with E-state index < -0.39 is 36.9 Å². The molecule has 0 fully saturated rings. The molecular formula is C12H18O7. The molecule has 3 atom stereocenters. The van der Waals surface area contributed by atoms with Crippen LogP contribution in [0.2, 0.25) is 0 Å². The molecule has 0 aromatic rings. The van der Waals surface area contributed by atoms with E-state index in [-0.39, 0.29) is 13.2 Å². The predicted molar refractivity (Wildman–Crippen MR) is 63.1 cm³/mol. The predicted octanol–water partition coefficient (Wildman–Crippen LogP) is -0.840. The standard InChI is InChI=1S/C12H18O7/c1-7(14)18-6-9-3-4-17-10(5-13)11(16)12(9)19-8(2)15/h3,10-13,16H,4-6H2,1-2H3/t10-,11+,12-/m1/s1. The van der Waals surface area contributed by atoms with E-state index >= 15 is 0 Å². The maximum absolute atomic E-state index is 11.1. The molecule has 108 valence electrons. The minimum absolute atomic E-state index is 0.105. The highest BCUT2D eigenvalue weighted by atomic mass is 16.6. The molecule has 0 amide bonds. The summed E-state index contributed by atoms with van der Waals surface area (Å²) >= 11 is 0. The SMILES string of the molecule is CC(=O)OCC1=CCO[C@H](CO)[C@H](O)[C@@H]1OC(C)=O. The Bertz CT molecular complexity index is 363. The number of rotatable bonds is 4. The maximum atomic E-state index is 11.1. The molecule has 1 aliphatic heterocycles. The minimum Gasteiger partial charge on any atom is -0.461 e. The van der Waals surface area contributed by atoms with Crippen LogP contribution in [-0.4, -0.2) is 60.3 Å². The number of esters is 2. The fraction of sp³-hybridized carbons (Fsp3) is 0.667. The van der Waals surface area contributed by atoms with E-state index in [0.29, 0.717) is 5.57 Å². The van der Waals surface area contributed by atoms with Crippen molar-refractivity contribution in [3.05, 3.63) is 11.6 Å². The van der Waals surface area contributed by atoms with Crippen LogP contribution in [0.4, 0.5) is 0 Å². The zero-order valence-corrected chi connectivity index (χ0v) is 10.9. The van der Waals surface area contributed by atoms with Crippen molar-refractivity contribution in [2.24, 2.45) is 0 Å². The number of aliphatic hydroxyl groups is 2. The molecule has 7 heteroatoms. The van der Waals surface area contributed by atoms with Gasteiger partial charge in [0.2, 0.25) is 0 Å². The molecule has 0 saturated heterocycles. The number of aliphatic hydroxyl groups excluding tert-OH is 2. The molecule has 7 nitrogen and oxygen atoms in total. The van der Waals surface area contributed by atoms with Gasteiger partial charge in [0.15, 0.2) is 6.10 Å². The number of hydrogen-bond donors (Lipinski definition) is 2. The van der Waals surface area contributed by atoms with Crippen LogP contribution >= 0.6 is 0 Å². The number of hydrogen-bond acceptors (Lipinski definition) is 7. The van der Waals surface area contributed by atoms with Gasteiger partial charge < -0.3 is 24.4 Å². The van der Waals surface area contributed by atoms with Crippen LogP contribution in [0.5, 0.6) is 0 Å². The second-order valence-corrected chi connectivity index (χ2v) is 4.13. The van der Waals surface area contributed by atoms with Gasteiger partial charge >= 0.3 is 11.9 Å². The molecule has 0 aliphatic carbocycles. The van der Waals surface area contributed by atoms with E-state index in [0.717, 1.165) is 0 Å². The third kappa shape index (κ3) is 4.62. The van der Waals surface area contributed by atoms with Gasteiger partial charge in [0.25, 0.3) is 0 Å². The van der Waals surface area contributed by atoms with Crippen molar-refractivity contribution < 1.29 is 34.0 Å². The van der Waals surface area contributed by atoms with Gasteiger partial charge in [-0.25, -0.2) is 0 Å². The van der Waals surface area contributed by atoms with Gasteiger partial charge in [-0.3, -0.25) is 9.59 Å². The Morgan fingerprint density at radius 3 is 2.63 bits per heavy atom. The van der Waals surface area contributed by atoms with Crippen molar-refractivity contribution in [1.82, 2.24) is 0 Å². The lowest BCUT2D eigenvalue weighted by molar-refractivity contribution is -0.157. The van der Waals surface area contributed by atoms with Gasteiger partial charge in [0, 0.05) is 19.4 Å². The van der Waals surface area contributed by atoms with Crippen molar-refractivity contribution in [2.45, 2.75) is 32.2 Å². The highest BCUT2D eigenvalue weighted by Crippen LogP contribution is 2.20. The van der Waals surface area contributed by atoms with Crippen molar-refractivity contribution in [3.63, 3.8) is 0 Å². The summed E-state index contributed by atoms with van der Waals surface area (Å²) in [5, 5.41) is 19.2. The Morgan fingerprint density at radius 1 is 1.42 bits per heavy atom. The van der Waals surface area contributed by atoms with Crippen LogP contribution in [0.15, 0.2) is 11.6 Å². The Labute approximate surface area is 110 Å². The molecule has 1 rings (SSSR count). The summed E-state index contributed by atoms with van der Waals surface area (Å²) in [5.41, 5.74) is 0.425. The summed E-state index contributed by atoms with van der Waals surface area (Å²) in [6, 6.07) is 0. The van der Waals surface area contributed by atoms with Gasteiger partial charge in [-0.2, -0.15) is 0 Å². The Kier molecular flexibility index (Phi) is 5.94. The van der Waals surface area contributed by atoms with Gasteiger partial charge in [0.1, 0.15) is 18.8 Å². The lowest BCUT2D eigenvalue weighted by atomic mass is 10.0. The van der Waals surface area contributed by atoms with E-state index in [1.807, 2.05) is 0 Å². The third-order valence-corrected chi connectivity index (χ3v) is 2.63. The van der Waals surface area contributed by atoms with E-state index in [4.69, 9.17) is 19.3 Å². The molecule has 0 saturated carbocycles.